The fourth-order valence-electron chi connectivity index (χ4n) is 4.41. The van der Waals surface area contributed by atoms with Crippen molar-refractivity contribution < 1.29 is 14.4 Å². The molecular formula is C18H17NO3. The monoisotopic (exact) mass is 295 g/mol. The van der Waals surface area contributed by atoms with Crippen LogP contribution in [0.4, 0.5) is 5.69 Å². The van der Waals surface area contributed by atoms with Gasteiger partial charge in [0.1, 0.15) is 0 Å². The molecule has 1 heterocycles. The van der Waals surface area contributed by atoms with E-state index in [1.165, 1.54) is 11.8 Å². The smallest absolute Gasteiger partial charge is 0.241 e. The molecule has 2 fully saturated rings. The maximum atomic E-state index is 13.0. The number of benzene rings is 1. The number of fused-ring (bicyclic) bond motifs is 5. The van der Waals surface area contributed by atoms with Gasteiger partial charge in [0.2, 0.25) is 11.8 Å². The number of ketones is 1. The first kappa shape index (κ1) is 13.4. The molecule has 0 aromatic heterocycles. The van der Waals surface area contributed by atoms with E-state index in [0.717, 1.165) is 6.42 Å². The summed E-state index contributed by atoms with van der Waals surface area (Å²) in [6, 6.07) is 6.78. The Bertz CT molecular complexity index is 750. The summed E-state index contributed by atoms with van der Waals surface area (Å²) in [4.78, 5) is 38.7. The fourth-order valence-corrected chi connectivity index (χ4v) is 4.41. The molecule has 4 heteroatoms. The lowest BCUT2D eigenvalue weighted by atomic mass is 9.71. The van der Waals surface area contributed by atoms with Gasteiger partial charge in [-0.25, -0.2) is 4.90 Å². The zero-order chi connectivity index (χ0) is 15.6. The number of hydrogen-bond acceptors (Lipinski definition) is 3. The van der Waals surface area contributed by atoms with Crippen molar-refractivity contribution in [3.63, 3.8) is 0 Å². The largest absolute Gasteiger partial charge is 0.295 e. The number of imide groups is 1. The van der Waals surface area contributed by atoms with Crippen molar-refractivity contribution in [3.05, 3.63) is 42.0 Å². The number of allylic oxidation sites excluding steroid dienone is 2. The Kier molecular flexibility index (Phi) is 2.54. The summed E-state index contributed by atoms with van der Waals surface area (Å²) in [7, 11) is 0. The van der Waals surface area contributed by atoms with Crippen LogP contribution in [0.1, 0.15) is 30.6 Å². The van der Waals surface area contributed by atoms with Gasteiger partial charge in [-0.15, -0.1) is 0 Å². The molecule has 0 spiro atoms. The number of carbonyl (C=O) groups is 3. The highest BCUT2D eigenvalue weighted by Gasteiger charge is 2.67. The second kappa shape index (κ2) is 4.15. The lowest BCUT2D eigenvalue weighted by Crippen LogP contribution is -2.37. The second-order valence-corrected chi connectivity index (χ2v) is 6.74. The van der Waals surface area contributed by atoms with Gasteiger partial charge in [0.15, 0.2) is 5.78 Å². The van der Waals surface area contributed by atoms with Crippen LogP contribution in [0.15, 0.2) is 36.4 Å². The van der Waals surface area contributed by atoms with E-state index in [2.05, 4.69) is 12.2 Å². The summed E-state index contributed by atoms with van der Waals surface area (Å²) in [5, 5.41) is 0. The molecule has 112 valence electrons. The molecule has 0 unspecified atom stereocenters. The number of Topliss-reactive ketones (excluding diaryl/α,β-unsaturated/α-hetero) is 1. The van der Waals surface area contributed by atoms with Crippen LogP contribution in [0.2, 0.25) is 0 Å². The van der Waals surface area contributed by atoms with Gasteiger partial charge >= 0.3 is 0 Å². The average molecular weight is 295 g/mol. The van der Waals surface area contributed by atoms with Crippen molar-refractivity contribution in [2.24, 2.45) is 23.2 Å². The lowest BCUT2D eigenvalue weighted by molar-refractivity contribution is -0.127. The van der Waals surface area contributed by atoms with Gasteiger partial charge in [-0.05, 0) is 44.2 Å². The van der Waals surface area contributed by atoms with E-state index in [0.29, 0.717) is 11.3 Å². The van der Waals surface area contributed by atoms with Crippen molar-refractivity contribution in [3.8, 4) is 0 Å². The minimum absolute atomic E-state index is 0.0749. The molecule has 3 aliphatic rings. The van der Waals surface area contributed by atoms with Crippen molar-refractivity contribution in [1.82, 2.24) is 0 Å². The SMILES string of the molecule is CC(=O)c1cccc(N2C(=O)[C@H]3[C@@H]4C=C[C@@H](C4)[C@]3(C)C2=O)c1. The quantitative estimate of drug-likeness (QED) is 0.479. The Hall–Kier alpha value is -2.23. The molecule has 1 aromatic rings. The molecule has 0 radical (unpaired) electrons. The van der Waals surface area contributed by atoms with Crippen LogP contribution in [0.25, 0.3) is 0 Å². The van der Waals surface area contributed by atoms with Crippen LogP contribution in [-0.4, -0.2) is 17.6 Å². The predicted molar refractivity (Wildman–Crippen MR) is 81.3 cm³/mol. The number of amides is 2. The third-order valence-corrected chi connectivity index (χ3v) is 5.62. The molecule has 1 aromatic carbocycles. The van der Waals surface area contributed by atoms with E-state index in [1.807, 2.05) is 6.92 Å². The fraction of sp³-hybridized carbons (Fsp3) is 0.389. The Morgan fingerprint density at radius 3 is 2.73 bits per heavy atom. The minimum atomic E-state index is -0.622. The van der Waals surface area contributed by atoms with Crippen molar-refractivity contribution >= 4 is 23.3 Å². The number of rotatable bonds is 2. The third kappa shape index (κ3) is 1.45. The molecule has 2 aliphatic carbocycles. The highest BCUT2D eigenvalue weighted by Crippen LogP contribution is 2.60. The van der Waals surface area contributed by atoms with Crippen LogP contribution >= 0.6 is 0 Å². The zero-order valence-corrected chi connectivity index (χ0v) is 12.6. The van der Waals surface area contributed by atoms with E-state index in [1.54, 1.807) is 24.3 Å². The second-order valence-electron chi connectivity index (χ2n) is 6.74. The zero-order valence-electron chi connectivity index (χ0n) is 12.6. The lowest BCUT2D eigenvalue weighted by Gasteiger charge is -2.28. The normalized spacial score (nSPS) is 35.4. The molecule has 2 bridgehead atoms. The van der Waals surface area contributed by atoms with Crippen LogP contribution in [-0.2, 0) is 9.59 Å². The summed E-state index contributed by atoms with van der Waals surface area (Å²) >= 11 is 0. The first-order chi connectivity index (χ1) is 10.4. The first-order valence-electron chi connectivity index (χ1n) is 7.62. The molecular weight excluding hydrogens is 278 g/mol. The average Bonchev–Trinajstić information content (AvgIpc) is 3.12. The van der Waals surface area contributed by atoms with Gasteiger partial charge in [-0.2, -0.15) is 0 Å². The molecule has 1 saturated heterocycles. The summed E-state index contributed by atoms with van der Waals surface area (Å²) < 4.78 is 0. The van der Waals surface area contributed by atoms with E-state index in [-0.39, 0.29) is 35.4 Å². The van der Waals surface area contributed by atoms with E-state index in [9.17, 15) is 14.4 Å². The topological polar surface area (TPSA) is 54.5 Å². The Morgan fingerprint density at radius 1 is 1.27 bits per heavy atom. The van der Waals surface area contributed by atoms with E-state index < -0.39 is 5.41 Å². The molecule has 1 aliphatic heterocycles. The van der Waals surface area contributed by atoms with Crippen LogP contribution in [0, 0.1) is 23.2 Å². The van der Waals surface area contributed by atoms with Crippen molar-refractivity contribution in [1.29, 1.82) is 0 Å². The van der Waals surface area contributed by atoms with Crippen LogP contribution in [0.3, 0.4) is 0 Å². The first-order valence-corrected chi connectivity index (χ1v) is 7.62. The molecule has 2 amide bonds. The Balaban J connectivity index is 1.79. The number of carbonyl (C=O) groups excluding carboxylic acids is 3. The van der Waals surface area contributed by atoms with Gasteiger partial charge in [-0.1, -0.05) is 24.3 Å². The number of anilines is 1. The standard InChI is InChI=1S/C18H17NO3/c1-10(20)11-4-3-5-14(9-11)19-16(21)15-12-6-7-13(8-12)18(15,2)17(19)22/h3-7,9,12-13,15H,8H2,1-2H3/t12-,13+,15-,18+/m1/s1. The van der Waals surface area contributed by atoms with Gasteiger partial charge in [0.05, 0.1) is 17.0 Å². The molecule has 4 nitrogen and oxygen atoms in total. The summed E-state index contributed by atoms with van der Waals surface area (Å²) in [6.45, 7) is 3.40. The number of hydrogen-bond donors (Lipinski definition) is 0. The van der Waals surface area contributed by atoms with Crippen molar-refractivity contribution in [2.75, 3.05) is 4.90 Å². The molecule has 0 N–H and O–H groups in total. The third-order valence-electron chi connectivity index (χ3n) is 5.62. The molecule has 4 rings (SSSR count). The van der Waals surface area contributed by atoms with Gasteiger partial charge in [-0.3, -0.25) is 14.4 Å². The van der Waals surface area contributed by atoms with Crippen LogP contribution in [0.5, 0.6) is 0 Å². The van der Waals surface area contributed by atoms with Gasteiger partial charge < -0.3 is 0 Å². The van der Waals surface area contributed by atoms with Crippen LogP contribution < -0.4 is 4.90 Å². The van der Waals surface area contributed by atoms with Gasteiger partial charge in [0, 0.05) is 5.56 Å². The molecule has 22 heavy (non-hydrogen) atoms. The van der Waals surface area contributed by atoms with Gasteiger partial charge in [0.25, 0.3) is 0 Å². The summed E-state index contributed by atoms with van der Waals surface area (Å²) in [5.74, 6) is -0.248. The molecule has 1 saturated carbocycles. The predicted octanol–water partition coefficient (Wildman–Crippen LogP) is 2.59. The summed E-state index contributed by atoms with van der Waals surface area (Å²) in [6.07, 6.45) is 5.07. The Morgan fingerprint density at radius 2 is 2.05 bits per heavy atom. The number of nitrogens with zero attached hydrogens (tertiary/aromatic N) is 1. The highest BCUT2D eigenvalue weighted by molar-refractivity contribution is 6.24. The minimum Gasteiger partial charge on any atom is -0.295 e. The van der Waals surface area contributed by atoms with E-state index >= 15 is 0 Å². The maximum absolute atomic E-state index is 13.0. The Labute approximate surface area is 128 Å². The summed E-state index contributed by atoms with van der Waals surface area (Å²) in [5.41, 5.74) is 0.405. The van der Waals surface area contributed by atoms with E-state index in [4.69, 9.17) is 0 Å². The molecule has 4 atom stereocenters. The highest BCUT2D eigenvalue weighted by atomic mass is 16.2. The van der Waals surface area contributed by atoms with Crippen molar-refractivity contribution in [2.45, 2.75) is 20.3 Å². The maximum Gasteiger partial charge on any atom is 0.241 e.